The van der Waals surface area contributed by atoms with Gasteiger partial charge in [-0.1, -0.05) is 66.2 Å². The summed E-state index contributed by atoms with van der Waals surface area (Å²) in [5.41, 5.74) is 10.1. The van der Waals surface area contributed by atoms with Crippen molar-refractivity contribution in [1.29, 1.82) is 0 Å². The number of hydrogen-bond donors (Lipinski definition) is 1. The summed E-state index contributed by atoms with van der Waals surface area (Å²) in [7, 11) is -3.20. The Morgan fingerprint density at radius 1 is 0.743 bits per heavy atom. The van der Waals surface area contributed by atoms with Gasteiger partial charge in [0.2, 0.25) is 0 Å². The number of aryl methyl sites for hydroxylation is 2. The number of benzene rings is 4. The van der Waals surface area contributed by atoms with Gasteiger partial charge in [0.1, 0.15) is 0 Å². The molecule has 0 saturated carbocycles. The number of rotatable bonds is 5. The Hall–Kier alpha value is -3.34. The zero-order valence-electron chi connectivity index (χ0n) is 19.9. The molecule has 5 aromatic rings. The standard InChI is InChI=1S/C30H26ClNO2S/c1-19-4-5-21(14-20(19)2)15-26-16-25-17-28(29(31)18-30(25)32-26)24-8-6-22(7-9-24)23-10-12-27(13-11-23)35(3,33)34/h4-14,16-18,32H,15H2,1-3H3. The second kappa shape index (κ2) is 9.03. The van der Waals surface area contributed by atoms with Crippen LogP contribution in [0.2, 0.25) is 5.02 Å². The fourth-order valence-corrected chi connectivity index (χ4v) is 5.30. The van der Waals surface area contributed by atoms with Crippen molar-refractivity contribution in [1.82, 2.24) is 4.98 Å². The molecule has 176 valence electrons. The average Bonchev–Trinajstić information content (AvgIpc) is 3.21. The van der Waals surface area contributed by atoms with E-state index in [-0.39, 0.29) is 0 Å². The molecule has 0 bridgehead atoms. The first-order valence-electron chi connectivity index (χ1n) is 11.5. The normalized spacial score (nSPS) is 11.8. The number of nitrogens with one attached hydrogen (secondary N) is 1. The first-order valence-corrected chi connectivity index (χ1v) is 13.7. The molecule has 4 aromatic carbocycles. The maximum absolute atomic E-state index is 11.7. The summed E-state index contributed by atoms with van der Waals surface area (Å²) in [4.78, 5) is 3.84. The van der Waals surface area contributed by atoms with Crippen molar-refractivity contribution in [2.75, 3.05) is 6.26 Å². The Morgan fingerprint density at radius 2 is 1.37 bits per heavy atom. The average molecular weight is 500 g/mol. The van der Waals surface area contributed by atoms with Crippen molar-refractivity contribution in [2.45, 2.75) is 25.2 Å². The van der Waals surface area contributed by atoms with Gasteiger partial charge in [-0.3, -0.25) is 0 Å². The third kappa shape index (κ3) is 4.90. The number of aromatic nitrogens is 1. The Kier molecular flexibility index (Phi) is 6.04. The zero-order valence-corrected chi connectivity index (χ0v) is 21.5. The summed E-state index contributed by atoms with van der Waals surface area (Å²) < 4.78 is 23.4. The van der Waals surface area contributed by atoms with Crippen LogP contribution in [0.4, 0.5) is 0 Å². The monoisotopic (exact) mass is 499 g/mol. The van der Waals surface area contributed by atoms with Crippen molar-refractivity contribution in [3.8, 4) is 22.3 Å². The minimum atomic E-state index is -3.20. The largest absolute Gasteiger partial charge is 0.358 e. The van der Waals surface area contributed by atoms with E-state index in [4.69, 9.17) is 11.6 Å². The Bertz CT molecular complexity index is 1650. The van der Waals surface area contributed by atoms with Crippen molar-refractivity contribution >= 4 is 32.3 Å². The SMILES string of the molecule is Cc1ccc(Cc2cc3cc(-c4ccc(-c5ccc(S(C)(=O)=O)cc5)cc4)c(Cl)cc3[nH]2)cc1C. The van der Waals surface area contributed by atoms with Crippen molar-refractivity contribution < 1.29 is 8.42 Å². The maximum atomic E-state index is 11.7. The van der Waals surface area contributed by atoms with Crippen molar-refractivity contribution in [2.24, 2.45) is 0 Å². The van der Waals surface area contributed by atoms with E-state index in [0.717, 1.165) is 45.3 Å². The summed E-state index contributed by atoms with van der Waals surface area (Å²) >= 11 is 6.69. The molecule has 0 aliphatic rings. The van der Waals surface area contributed by atoms with E-state index in [1.165, 1.54) is 22.9 Å². The molecule has 5 heteroatoms. The third-order valence-corrected chi connectivity index (χ3v) is 7.98. The highest BCUT2D eigenvalue weighted by atomic mass is 35.5. The predicted molar refractivity (Wildman–Crippen MR) is 146 cm³/mol. The van der Waals surface area contributed by atoms with Gasteiger partial charge in [-0.05, 0) is 77.6 Å². The molecule has 0 atom stereocenters. The van der Waals surface area contributed by atoms with Crippen LogP contribution in [0, 0.1) is 13.8 Å². The quantitative estimate of drug-likeness (QED) is 0.268. The number of H-pyrrole nitrogens is 1. The van der Waals surface area contributed by atoms with Gasteiger partial charge in [-0.2, -0.15) is 0 Å². The highest BCUT2D eigenvalue weighted by Gasteiger charge is 2.11. The van der Waals surface area contributed by atoms with E-state index < -0.39 is 9.84 Å². The van der Waals surface area contributed by atoms with E-state index >= 15 is 0 Å². The number of halogens is 1. The van der Waals surface area contributed by atoms with Gasteiger partial charge in [0, 0.05) is 34.8 Å². The highest BCUT2D eigenvalue weighted by Crippen LogP contribution is 2.34. The molecule has 5 rings (SSSR count). The second-order valence-corrected chi connectivity index (χ2v) is 11.6. The third-order valence-electron chi connectivity index (χ3n) is 6.54. The van der Waals surface area contributed by atoms with Gasteiger partial charge in [-0.25, -0.2) is 8.42 Å². The van der Waals surface area contributed by atoms with Crippen LogP contribution in [0.5, 0.6) is 0 Å². The molecule has 0 fully saturated rings. The lowest BCUT2D eigenvalue weighted by Crippen LogP contribution is -1.96. The van der Waals surface area contributed by atoms with Crippen molar-refractivity contribution in [3.63, 3.8) is 0 Å². The molecule has 35 heavy (non-hydrogen) atoms. The van der Waals surface area contributed by atoms with Crippen molar-refractivity contribution in [3.05, 3.63) is 112 Å². The van der Waals surface area contributed by atoms with Gasteiger partial charge < -0.3 is 4.98 Å². The maximum Gasteiger partial charge on any atom is 0.175 e. The summed E-state index contributed by atoms with van der Waals surface area (Å²) in [6, 6.07) is 28.1. The van der Waals surface area contributed by atoms with E-state index in [0.29, 0.717) is 9.92 Å². The summed E-state index contributed by atoms with van der Waals surface area (Å²) in [6.07, 6.45) is 2.06. The van der Waals surface area contributed by atoms with E-state index in [1.54, 1.807) is 12.1 Å². The topological polar surface area (TPSA) is 49.9 Å². The molecule has 0 spiro atoms. The van der Waals surface area contributed by atoms with Crippen LogP contribution in [0.1, 0.15) is 22.4 Å². The Balaban J connectivity index is 1.42. The van der Waals surface area contributed by atoms with Gasteiger partial charge in [0.05, 0.1) is 9.92 Å². The highest BCUT2D eigenvalue weighted by molar-refractivity contribution is 7.90. The summed E-state index contributed by atoms with van der Waals surface area (Å²) in [5.74, 6) is 0. The summed E-state index contributed by atoms with van der Waals surface area (Å²) in [5, 5.41) is 1.83. The van der Waals surface area contributed by atoms with Crippen LogP contribution in [-0.4, -0.2) is 19.7 Å². The van der Waals surface area contributed by atoms with E-state index in [1.807, 2.05) is 30.3 Å². The molecule has 3 nitrogen and oxygen atoms in total. The number of hydrogen-bond acceptors (Lipinski definition) is 2. The first-order chi connectivity index (χ1) is 16.7. The minimum Gasteiger partial charge on any atom is -0.358 e. The van der Waals surface area contributed by atoms with Gasteiger partial charge in [0.15, 0.2) is 9.84 Å². The lowest BCUT2D eigenvalue weighted by Gasteiger charge is -2.08. The molecule has 1 heterocycles. The van der Waals surface area contributed by atoms with Crippen LogP contribution in [-0.2, 0) is 16.3 Å². The fraction of sp³-hybridized carbons (Fsp3) is 0.133. The molecular formula is C30H26ClNO2S. The Labute approximate surface area is 211 Å². The van der Waals surface area contributed by atoms with E-state index in [9.17, 15) is 8.42 Å². The summed E-state index contributed by atoms with van der Waals surface area (Å²) in [6.45, 7) is 4.28. The zero-order chi connectivity index (χ0) is 24.7. The molecule has 1 N–H and O–H groups in total. The molecule has 0 radical (unpaired) electrons. The molecule has 0 aliphatic carbocycles. The van der Waals surface area contributed by atoms with Crippen LogP contribution in [0.25, 0.3) is 33.2 Å². The molecule has 0 saturated heterocycles. The smallest absolute Gasteiger partial charge is 0.175 e. The molecule has 0 amide bonds. The van der Waals surface area contributed by atoms with Gasteiger partial charge >= 0.3 is 0 Å². The van der Waals surface area contributed by atoms with Gasteiger partial charge in [-0.15, -0.1) is 0 Å². The number of fused-ring (bicyclic) bond motifs is 1. The lowest BCUT2D eigenvalue weighted by molar-refractivity contribution is 0.602. The minimum absolute atomic E-state index is 0.321. The molecular weight excluding hydrogens is 474 g/mol. The molecule has 0 aliphatic heterocycles. The molecule has 0 unspecified atom stereocenters. The van der Waals surface area contributed by atoms with Crippen LogP contribution in [0.3, 0.4) is 0 Å². The second-order valence-electron chi connectivity index (χ2n) is 9.18. The van der Waals surface area contributed by atoms with Crippen LogP contribution < -0.4 is 0 Å². The Morgan fingerprint density at radius 3 is 2.00 bits per heavy atom. The molecule has 1 aromatic heterocycles. The van der Waals surface area contributed by atoms with Gasteiger partial charge in [0.25, 0.3) is 0 Å². The first kappa shape index (κ1) is 23.4. The van der Waals surface area contributed by atoms with Crippen LogP contribution >= 0.6 is 11.6 Å². The van der Waals surface area contributed by atoms with E-state index in [2.05, 4.69) is 61.3 Å². The number of sulfone groups is 1. The van der Waals surface area contributed by atoms with Crippen LogP contribution in [0.15, 0.2) is 89.8 Å². The lowest BCUT2D eigenvalue weighted by atomic mass is 9.99. The fourth-order valence-electron chi connectivity index (χ4n) is 4.40. The predicted octanol–water partition coefficient (Wildman–Crippen LogP) is 7.77. The number of aromatic amines is 1.